The number of anilines is 1. The van der Waals surface area contributed by atoms with Gasteiger partial charge in [-0.25, -0.2) is 4.98 Å². The minimum absolute atomic E-state index is 0.902. The van der Waals surface area contributed by atoms with Crippen LogP contribution in [0, 0.1) is 17.8 Å². The van der Waals surface area contributed by atoms with Gasteiger partial charge in [-0.05, 0) is 65.1 Å². The number of hydrogen-bond donors (Lipinski definition) is 0. The lowest BCUT2D eigenvalue weighted by atomic mass is 9.88. The molecule has 0 N–H and O–H groups in total. The van der Waals surface area contributed by atoms with Gasteiger partial charge in [0.2, 0.25) is 0 Å². The fourth-order valence-electron chi connectivity index (χ4n) is 3.66. The number of halogens is 1. The van der Waals surface area contributed by atoms with E-state index in [1.54, 1.807) is 0 Å². The maximum atomic E-state index is 4.52. The van der Waals surface area contributed by atoms with Gasteiger partial charge >= 0.3 is 0 Å². The molecule has 2 bridgehead atoms. The summed E-state index contributed by atoms with van der Waals surface area (Å²) in [7, 11) is 2.17. The van der Waals surface area contributed by atoms with E-state index in [9.17, 15) is 0 Å². The molecule has 0 spiro atoms. The highest BCUT2D eigenvalue weighted by Crippen LogP contribution is 2.48. The Morgan fingerprint density at radius 3 is 2.88 bits per heavy atom. The van der Waals surface area contributed by atoms with E-state index < -0.39 is 0 Å². The molecule has 1 aromatic heterocycles. The topological polar surface area (TPSA) is 16.1 Å². The maximum Gasteiger partial charge on any atom is 0.129 e. The van der Waals surface area contributed by atoms with Crippen LogP contribution >= 0.6 is 15.9 Å². The molecule has 2 saturated carbocycles. The lowest BCUT2D eigenvalue weighted by Crippen LogP contribution is -2.29. The average molecular weight is 295 g/mol. The van der Waals surface area contributed by atoms with Crippen molar-refractivity contribution in [1.29, 1.82) is 0 Å². The molecule has 3 unspecified atom stereocenters. The lowest BCUT2D eigenvalue weighted by Gasteiger charge is -2.27. The first-order valence-corrected chi connectivity index (χ1v) is 7.35. The van der Waals surface area contributed by atoms with E-state index >= 15 is 0 Å². The number of nitrogens with zero attached hydrogens (tertiary/aromatic N) is 2. The lowest BCUT2D eigenvalue weighted by molar-refractivity contribution is 0.337. The zero-order chi connectivity index (χ0) is 11.8. The van der Waals surface area contributed by atoms with Crippen molar-refractivity contribution >= 4 is 21.7 Å². The van der Waals surface area contributed by atoms with Crippen LogP contribution in [0.25, 0.3) is 0 Å². The van der Waals surface area contributed by atoms with Crippen LogP contribution in [0.1, 0.15) is 25.7 Å². The second kappa shape index (κ2) is 4.60. The van der Waals surface area contributed by atoms with Crippen LogP contribution in [-0.2, 0) is 0 Å². The molecule has 0 saturated heterocycles. The number of fused-ring (bicyclic) bond motifs is 2. The Bertz CT molecular complexity index is 407. The third-order valence-electron chi connectivity index (χ3n) is 4.48. The first kappa shape index (κ1) is 11.5. The van der Waals surface area contributed by atoms with Crippen molar-refractivity contribution in [3.8, 4) is 0 Å². The minimum Gasteiger partial charge on any atom is -0.359 e. The fraction of sp³-hybridized carbons (Fsp3) is 0.643. The van der Waals surface area contributed by atoms with E-state index in [1.165, 1.54) is 32.2 Å². The van der Waals surface area contributed by atoms with Crippen LogP contribution in [0.4, 0.5) is 5.82 Å². The van der Waals surface area contributed by atoms with Gasteiger partial charge in [0.1, 0.15) is 10.4 Å². The van der Waals surface area contributed by atoms with Crippen LogP contribution in [0.15, 0.2) is 22.8 Å². The first-order valence-electron chi connectivity index (χ1n) is 6.56. The molecular weight excluding hydrogens is 276 g/mol. The van der Waals surface area contributed by atoms with E-state index in [0.717, 1.165) is 28.2 Å². The second-order valence-electron chi connectivity index (χ2n) is 5.63. The molecule has 0 radical (unpaired) electrons. The van der Waals surface area contributed by atoms with Crippen LogP contribution < -0.4 is 4.90 Å². The molecule has 1 heterocycles. The Labute approximate surface area is 112 Å². The monoisotopic (exact) mass is 294 g/mol. The maximum absolute atomic E-state index is 4.52. The van der Waals surface area contributed by atoms with Crippen LogP contribution in [0.3, 0.4) is 0 Å². The quantitative estimate of drug-likeness (QED) is 0.790. The zero-order valence-corrected chi connectivity index (χ0v) is 11.9. The first-order chi connectivity index (χ1) is 8.22. The summed E-state index contributed by atoms with van der Waals surface area (Å²) in [5, 5.41) is 0. The number of hydrogen-bond acceptors (Lipinski definition) is 2. The summed E-state index contributed by atoms with van der Waals surface area (Å²) in [4.78, 5) is 6.84. The number of aromatic nitrogens is 1. The predicted molar refractivity (Wildman–Crippen MR) is 74.1 cm³/mol. The van der Waals surface area contributed by atoms with Crippen molar-refractivity contribution in [2.24, 2.45) is 17.8 Å². The molecule has 3 heteroatoms. The van der Waals surface area contributed by atoms with Gasteiger partial charge < -0.3 is 4.90 Å². The average Bonchev–Trinajstić information content (AvgIpc) is 2.91. The van der Waals surface area contributed by atoms with E-state index in [0.29, 0.717) is 0 Å². The van der Waals surface area contributed by atoms with E-state index in [4.69, 9.17) is 0 Å². The van der Waals surface area contributed by atoms with Gasteiger partial charge in [0.15, 0.2) is 0 Å². The van der Waals surface area contributed by atoms with Crippen molar-refractivity contribution in [2.45, 2.75) is 25.7 Å². The molecule has 1 aromatic rings. The molecule has 0 aliphatic heterocycles. The zero-order valence-electron chi connectivity index (χ0n) is 10.3. The SMILES string of the molecule is CN(CC1CC2CCC1C2)c1cccc(Br)n1. The summed E-state index contributed by atoms with van der Waals surface area (Å²) in [6.07, 6.45) is 5.89. The molecule has 2 aliphatic rings. The summed E-state index contributed by atoms with van der Waals surface area (Å²) in [5.41, 5.74) is 0. The Kier molecular flexibility index (Phi) is 3.12. The molecule has 3 rings (SSSR count). The number of pyridine rings is 1. The molecular formula is C14H19BrN2. The summed E-state index contributed by atoms with van der Waals surface area (Å²) in [6, 6.07) is 6.14. The third kappa shape index (κ3) is 2.35. The van der Waals surface area contributed by atoms with Crippen LogP contribution in [0.5, 0.6) is 0 Å². The summed E-state index contributed by atoms with van der Waals surface area (Å²) < 4.78 is 0.926. The summed E-state index contributed by atoms with van der Waals surface area (Å²) in [5.74, 6) is 4.02. The molecule has 92 valence electrons. The van der Waals surface area contributed by atoms with Gasteiger partial charge in [-0.2, -0.15) is 0 Å². The van der Waals surface area contributed by atoms with Gasteiger partial charge in [0, 0.05) is 13.6 Å². The molecule has 2 nitrogen and oxygen atoms in total. The summed E-state index contributed by atoms with van der Waals surface area (Å²) in [6.45, 7) is 1.17. The van der Waals surface area contributed by atoms with Crippen molar-refractivity contribution in [3.05, 3.63) is 22.8 Å². The van der Waals surface area contributed by atoms with Gasteiger partial charge in [0.25, 0.3) is 0 Å². The highest BCUT2D eigenvalue weighted by Gasteiger charge is 2.39. The van der Waals surface area contributed by atoms with Crippen LogP contribution in [0.2, 0.25) is 0 Å². The van der Waals surface area contributed by atoms with Gasteiger partial charge in [-0.15, -0.1) is 0 Å². The largest absolute Gasteiger partial charge is 0.359 e. The molecule has 0 amide bonds. The molecule has 0 aromatic carbocycles. The minimum atomic E-state index is 0.902. The Hall–Kier alpha value is -0.570. The number of rotatable bonds is 3. The molecule has 3 atom stereocenters. The van der Waals surface area contributed by atoms with Gasteiger partial charge in [-0.3, -0.25) is 0 Å². The van der Waals surface area contributed by atoms with Crippen molar-refractivity contribution in [1.82, 2.24) is 4.98 Å². The van der Waals surface area contributed by atoms with Crippen LogP contribution in [-0.4, -0.2) is 18.6 Å². The predicted octanol–water partition coefficient (Wildman–Crippen LogP) is 3.72. The standard InChI is InChI=1S/C14H19BrN2/c1-17(14-4-2-3-13(15)16-14)9-12-8-10-5-6-11(12)7-10/h2-4,10-12H,5-9H2,1H3. The fourth-order valence-corrected chi connectivity index (χ4v) is 3.99. The third-order valence-corrected chi connectivity index (χ3v) is 4.93. The smallest absolute Gasteiger partial charge is 0.129 e. The second-order valence-corrected chi connectivity index (χ2v) is 6.45. The van der Waals surface area contributed by atoms with Crippen molar-refractivity contribution < 1.29 is 0 Å². The highest BCUT2D eigenvalue weighted by atomic mass is 79.9. The van der Waals surface area contributed by atoms with E-state index in [2.05, 4.69) is 45.0 Å². The normalized spacial score (nSPS) is 30.8. The Balaban J connectivity index is 1.65. The van der Waals surface area contributed by atoms with Gasteiger partial charge in [0.05, 0.1) is 0 Å². The Morgan fingerprint density at radius 2 is 2.24 bits per heavy atom. The van der Waals surface area contributed by atoms with E-state index in [1.807, 2.05) is 6.07 Å². The Morgan fingerprint density at radius 1 is 1.35 bits per heavy atom. The van der Waals surface area contributed by atoms with Crippen molar-refractivity contribution in [2.75, 3.05) is 18.5 Å². The van der Waals surface area contributed by atoms with Gasteiger partial charge in [-0.1, -0.05) is 12.5 Å². The van der Waals surface area contributed by atoms with Crippen molar-refractivity contribution in [3.63, 3.8) is 0 Å². The molecule has 17 heavy (non-hydrogen) atoms. The molecule has 2 aliphatic carbocycles. The summed E-state index contributed by atoms with van der Waals surface area (Å²) >= 11 is 3.44. The van der Waals surface area contributed by atoms with E-state index in [-0.39, 0.29) is 0 Å². The molecule has 2 fully saturated rings. The highest BCUT2D eigenvalue weighted by molar-refractivity contribution is 9.10.